The Morgan fingerprint density at radius 3 is 2.42 bits per heavy atom. The number of rotatable bonds is 4. The molecule has 0 saturated carbocycles. The molecule has 1 N–H and O–H groups in total. The number of benzene rings is 3. The van der Waals surface area contributed by atoms with Gasteiger partial charge in [-0.15, -0.1) is 0 Å². The molecule has 1 aliphatic rings. The number of hydrogen-bond acceptors (Lipinski definition) is 2. The molecule has 0 fully saturated rings. The minimum atomic E-state index is -3.69. The highest BCUT2D eigenvalue weighted by Crippen LogP contribution is 2.41. The van der Waals surface area contributed by atoms with Gasteiger partial charge in [0.2, 0.25) is 10.0 Å². The van der Waals surface area contributed by atoms with E-state index < -0.39 is 16.1 Å². The van der Waals surface area contributed by atoms with Gasteiger partial charge < -0.3 is 4.98 Å². The number of nitrogens with one attached hydrogen (secondary N) is 1. The van der Waals surface area contributed by atoms with Crippen molar-refractivity contribution in [3.63, 3.8) is 0 Å². The quantitative estimate of drug-likeness (QED) is 0.432. The van der Waals surface area contributed by atoms with Crippen LogP contribution >= 0.6 is 11.6 Å². The van der Waals surface area contributed by atoms with E-state index in [2.05, 4.69) is 18.0 Å². The molecule has 3 aromatic carbocycles. The molecule has 0 saturated heterocycles. The zero-order chi connectivity index (χ0) is 21.6. The molecule has 31 heavy (non-hydrogen) atoms. The first kappa shape index (κ1) is 20.3. The fourth-order valence-electron chi connectivity index (χ4n) is 4.49. The highest BCUT2D eigenvalue weighted by Gasteiger charge is 2.39. The number of aryl methyl sites for hydroxylation is 1. The minimum Gasteiger partial charge on any atom is -0.357 e. The molecule has 6 heteroatoms. The van der Waals surface area contributed by atoms with Crippen molar-refractivity contribution in [3.05, 3.63) is 100 Å². The molecule has 4 nitrogen and oxygen atoms in total. The van der Waals surface area contributed by atoms with E-state index in [1.807, 2.05) is 54.6 Å². The van der Waals surface area contributed by atoms with Gasteiger partial charge in [-0.3, -0.25) is 0 Å². The topological polar surface area (TPSA) is 53.2 Å². The fraction of sp³-hybridized carbons (Fsp3) is 0.200. The van der Waals surface area contributed by atoms with E-state index in [9.17, 15) is 8.42 Å². The van der Waals surface area contributed by atoms with Crippen molar-refractivity contribution >= 4 is 32.5 Å². The standard InChI is InChI=1S/C25H23ClN2O2S/c1-2-17-7-13-20(14-8-17)31(29,30)28-16-15-22-21-5-3-4-6-23(21)27-24(22)25(28)18-9-11-19(26)12-10-18/h3-14,25,27H,2,15-16H2,1H3/t25-/m1/s1. The summed E-state index contributed by atoms with van der Waals surface area (Å²) in [6.45, 7) is 2.47. The van der Waals surface area contributed by atoms with Crippen LogP contribution in [0.25, 0.3) is 10.9 Å². The van der Waals surface area contributed by atoms with Gasteiger partial charge in [0.25, 0.3) is 0 Å². The third-order valence-electron chi connectivity index (χ3n) is 6.11. The number of sulfonamides is 1. The predicted molar refractivity (Wildman–Crippen MR) is 125 cm³/mol. The Kier molecular flexibility index (Phi) is 5.13. The van der Waals surface area contributed by atoms with E-state index in [0.29, 0.717) is 22.9 Å². The Labute approximate surface area is 187 Å². The summed E-state index contributed by atoms with van der Waals surface area (Å²) in [5, 5.41) is 1.78. The average Bonchev–Trinajstić information content (AvgIpc) is 3.18. The van der Waals surface area contributed by atoms with Crippen LogP contribution in [-0.2, 0) is 22.9 Å². The molecule has 1 atom stereocenters. The Morgan fingerprint density at radius 1 is 1.00 bits per heavy atom. The van der Waals surface area contributed by atoms with E-state index in [1.54, 1.807) is 16.4 Å². The van der Waals surface area contributed by atoms with E-state index in [0.717, 1.165) is 34.1 Å². The summed E-state index contributed by atoms with van der Waals surface area (Å²) >= 11 is 6.13. The molecule has 2 heterocycles. The van der Waals surface area contributed by atoms with E-state index >= 15 is 0 Å². The summed E-state index contributed by atoms with van der Waals surface area (Å²) in [6.07, 6.45) is 1.53. The van der Waals surface area contributed by atoms with Crippen LogP contribution in [0.3, 0.4) is 0 Å². The zero-order valence-corrected chi connectivity index (χ0v) is 18.7. The van der Waals surface area contributed by atoms with Crippen LogP contribution in [0, 0.1) is 0 Å². The van der Waals surface area contributed by atoms with Gasteiger partial charge in [0.05, 0.1) is 10.9 Å². The number of hydrogen-bond donors (Lipinski definition) is 1. The van der Waals surface area contributed by atoms with Crippen LogP contribution < -0.4 is 0 Å². The van der Waals surface area contributed by atoms with E-state index in [1.165, 1.54) is 5.56 Å². The van der Waals surface area contributed by atoms with E-state index in [4.69, 9.17) is 11.6 Å². The van der Waals surface area contributed by atoms with Crippen molar-refractivity contribution in [1.29, 1.82) is 0 Å². The Balaban J connectivity index is 1.68. The molecular formula is C25H23ClN2O2S. The Morgan fingerprint density at radius 2 is 1.71 bits per heavy atom. The van der Waals surface area contributed by atoms with Crippen molar-refractivity contribution in [2.24, 2.45) is 0 Å². The summed E-state index contributed by atoms with van der Waals surface area (Å²) in [5.74, 6) is 0. The second kappa shape index (κ2) is 7.83. The second-order valence-corrected chi connectivity index (χ2v) is 10.2. The summed E-state index contributed by atoms with van der Waals surface area (Å²) in [4.78, 5) is 3.83. The zero-order valence-electron chi connectivity index (χ0n) is 17.2. The Hall–Kier alpha value is -2.60. The van der Waals surface area contributed by atoms with Crippen molar-refractivity contribution in [2.45, 2.75) is 30.7 Å². The van der Waals surface area contributed by atoms with Gasteiger partial charge in [-0.25, -0.2) is 8.42 Å². The van der Waals surface area contributed by atoms with E-state index in [-0.39, 0.29) is 0 Å². The third kappa shape index (κ3) is 3.47. The fourth-order valence-corrected chi connectivity index (χ4v) is 6.20. The smallest absolute Gasteiger partial charge is 0.244 e. The summed E-state index contributed by atoms with van der Waals surface area (Å²) in [7, 11) is -3.69. The van der Waals surface area contributed by atoms with Gasteiger partial charge in [-0.1, -0.05) is 61.0 Å². The van der Waals surface area contributed by atoms with Crippen LogP contribution in [0.1, 0.15) is 35.3 Å². The highest BCUT2D eigenvalue weighted by molar-refractivity contribution is 7.89. The van der Waals surface area contributed by atoms with Crippen LogP contribution in [0.5, 0.6) is 0 Å². The third-order valence-corrected chi connectivity index (χ3v) is 8.24. The summed E-state index contributed by atoms with van der Waals surface area (Å²) in [6, 6.07) is 22.4. The van der Waals surface area contributed by atoms with Gasteiger partial charge in [0.1, 0.15) is 0 Å². The number of aromatic nitrogens is 1. The molecule has 0 aliphatic carbocycles. The van der Waals surface area contributed by atoms with Crippen LogP contribution in [-0.4, -0.2) is 24.3 Å². The predicted octanol–water partition coefficient (Wildman–Crippen LogP) is 5.72. The maximum absolute atomic E-state index is 13.7. The van der Waals surface area contributed by atoms with Crippen LogP contribution in [0.15, 0.2) is 77.7 Å². The normalized spacial score (nSPS) is 17.0. The molecule has 5 rings (SSSR count). The first-order valence-electron chi connectivity index (χ1n) is 10.4. The molecule has 158 valence electrons. The molecule has 0 spiro atoms. The molecule has 1 aromatic heterocycles. The first-order chi connectivity index (χ1) is 15.0. The lowest BCUT2D eigenvalue weighted by molar-refractivity contribution is 0.340. The van der Waals surface area contributed by atoms with Crippen molar-refractivity contribution in [2.75, 3.05) is 6.54 Å². The molecular weight excluding hydrogens is 428 g/mol. The van der Waals surface area contributed by atoms with Crippen LogP contribution in [0.2, 0.25) is 5.02 Å². The maximum Gasteiger partial charge on any atom is 0.244 e. The van der Waals surface area contributed by atoms with Gasteiger partial charge in [-0.2, -0.15) is 4.31 Å². The van der Waals surface area contributed by atoms with Crippen LogP contribution in [0.4, 0.5) is 0 Å². The molecule has 0 radical (unpaired) electrons. The summed E-state index contributed by atoms with van der Waals surface area (Å²) in [5.41, 5.74) is 5.15. The summed E-state index contributed by atoms with van der Waals surface area (Å²) < 4.78 is 29.1. The lowest BCUT2D eigenvalue weighted by Crippen LogP contribution is -2.40. The number of aromatic amines is 1. The molecule has 1 aliphatic heterocycles. The number of halogens is 1. The second-order valence-electron chi connectivity index (χ2n) is 7.88. The number of para-hydroxylation sites is 1. The molecule has 4 aromatic rings. The number of nitrogens with zero attached hydrogens (tertiary/aromatic N) is 1. The lowest BCUT2D eigenvalue weighted by atomic mass is 9.94. The van der Waals surface area contributed by atoms with Gasteiger partial charge >= 0.3 is 0 Å². The number of fused-ring (bicyclic) bond motifs is 3. The maximum atomic E-state index is 13.7. The lowest BCUT2D eigenvalue weighted by Gasteiger charge is -2.35. The first-order valence-corrected chi connectivity index (χ1v) is 12.3. The van der Waals surface area contributed by atoms with Crippen molar-refractivity contribution < 1.29 is 8.42 Å². The van der Waals surface area contributed by atoms with Gasteiger partial charge in [0, 0.05) is 28.2 Å². The monoisotopic (exact) mass is 450 g/mol. The SMILES string of the molecule is CCc1ccc(S(=O)(=O)N2CCc3c([nH]c4ccccc34)[C@H]2c2ccc(Cl)cc2)cc1. The average molecular weight is 451 g/mol. The highest BCUT2D eigenvalue weighted by atomic mass is 35.5. The Bertz CT molecular complexity index is 1340. The van der Waals surface area contributed by atoms with Crippen molar-refractivity contribution in [1.82, 2.24) is 9.29 Å². The molecule has 0 bridgehead atoms. The molecule has 0 amide bonds. The van der Waals surface area contributed by atoms with Crippen molar-refractivity contribution in [3.8, 4) is 0 Å². The van der Waals surface area contributed by atoms with Gasteiger partial charge in [-0.05, 0) is 59.9 Å². The minimum absolute atomic E-state index is 0.322. The largest absolute Gasteiger partial charge is 0.357 e. The molecule has 0 unspecified atom stereocenters. The van der Waals surface area contributed by atoms with Gasteiger partial charge in [0.15, 0.2) is 0 Å². The number of H-pyrrole nitrogens is 1.